The minimum absolute atomic E-state index is 0.0880. The molecule has 0 aromatic carbocycles. The average molecular weight is 205 g/mol. The van der Waals surface area contributed by atoms with Crippen LogP contribution >= 0.6 is 0 Å². The lowest BCUT2D eigenvalue weighted by Gasteiger charge is -2.02. The van der Waals surface area contributed by atoms with Gasteiger partial charge in [-0.2, -0.15) is 5.10 Å². The molecule has 0 amide bonds. The summed E-state index contributed by atoms with van der Waals surface area (Å²) in [6, 6.07) is 2.83. The number of rotatable bonds is 2. The van der Waals surface area contributed by atoms with Crippen LogP contribution in [0.1, 0.15) is 17.3 Å². The van der Waals surface area contributed by atoms with E-state index in [1.807, 2.05) is 0 Å². The van der Waals surface area contributed by atoms with Crippen molar-refractivity contribution in [3.05, 3.63) is 42.1 Å². The van der Waals surface area contributed by atoms with E-state index in [4.69, 9.17) is 0 Å². The van der Waals surface area contributed by atoms with Crippen LogP contribution < -0.4 is 0 Å². The number of halogens is 1. The van der Waals surface area contributed by atoms with Gasteiger partial charge in [0, 0.05) is 24.2 Å². The van der Waals surface area contributed by atoms with Crippen molar-refractivity contribution in [2.24, 2.45) is 0 Å². The van der Waals surface area contributed by atoms with Crippen LogP contribution in [0.3, 0.4) is 0 Å². The highest BCUT2D eigenvalue weighted by Gasteiger charge is 2.09. The molecular formula is C10H8FN3O. The molecule has 0 bridgehead atoms. The van der Waals surface area contributed by atoms with E-state index in [9.17, 15) is 9.18 Å². The van der Waals surface area contributed by atoms with Crippen molar-refractivity contribution in [1.29, 1.82) is 0 Å². The van der Waals surface area contributed by atoms with Gasteiger partial charge in [-0.25, -0.2) is 14.1 Å². The first-order valence-electron chi connectivity index (χ1n) is 4.35. The zero-order valence-corrected chi connectivity index (χ0v) is 8.01. The third-order valence-electron chi connectivity index (χ3n) is 1.95. The molecule has 0 saturated carbocycles. The number of hydrogen-bond acceptors (Lipinski definition) is 3. The number of carbonyl (C=O) groups excluding carboxylic acids is 1. The normalized spacial score (nSPS) is 10.3. The molecule has 15 heavy (non-hydrogen) atoms. The molecular weight excluding hydrogens is 197 g/mol. The molecule has 2 heterocycles. The molecule has 0 atom stereocenters. The number of pyridine rings is 1. The van der Waals surface area contributed by atoms with Gasteiger partial charge in [-0.3, -0.25) is 4.79 Å². The van der Waals surface area contributed by atoms with Crippen molar-refractivity contribution in [2.45, 2.75) is 6.92 Å². The van der Waals surface area contributed by atoms with Gasteiger partial charge in [0.15, 0.2) is 17.4 Å². The molecule has 2 rings (SSSR count). The summed E-state index contributed by atoms with van der Waals surface area (Å²) in [6.07, 6.45) is 4.45. The van der Waals surface area contributed by atoms with Gasteiger partial charge in [0.1, 0.15) is 0 Å². The summed E-state index contributed by atoms with van der Waals surface area (Å²) in [6.45, 7) is 1.37. The van der Waals surface area contributed by atoms with Crippen LogP contribution in [0.15, 0.2) is 30.7 Å². The SMILES string of the molecule is CC(=O)c1cnc(-n2cccn2)c(F)c1. The van der Waals surface area contributed by atoms with Gasteiger partial charge >= 0.3 is 0 Å². The first-order chi connectivity index (χ1) is 7.18. The van der Waals surface area contributed by atoms with Crippen LogP contribution in [-0.4, -0.2) is 20.5 Å². The largest absolute Gasteiger partial charge is 0.294 e. The summed E-state index contributed by atoms with van der Waals surface area (Å²) in [5, 5.41) is 3.85. The number of Topliss-reactive ketones (excluding diaryl/α,β-unsaturated/α-hetero) is 1. The van der Waals surface area contributed by atoms with E-state index in [2.05, 4.69) is 10.1 Å². The number of aromatic nitrogens is 3. The summed E-state index contributed by atoms with van der Waals surface area (Å²) in [5.74, 6) is -0.690. The number of hydrogen-bond donors (Lipinski definition) is 0. The molecule has 0 unspecified atom stereocenters. The van der Waals surface area contributed by atoms with Crippen molar-refractivity contribution in [3.8, 4) is 5.82 Å². The van der Waals surface area contributed by atoms with Gasteiger partial charge < -0.3 is 0 Å². The maximum atomic E-state index is 13.5. The van der Waals surface area contributed by atoms with Crippen molar-refractivity contribution in [1.82, 2.24) is 14.8 Å². The van der Waals surface area contributed by atoms with Crippen LogP contribution in [-0.2, 0) is 0 Å². The predicted molar refractivity (Wildman–Crippen MR) is 51.3 cm³/mol. The summed E-state index contributed by atoms with van der Waals surface area (Å²) in [5.41, 5.74) is 0.253. The molecule has 0 saturated heterocycles. The Morgan fingerprint density at radius 1 is 1.53 bits per heavy atom. The highest BCUT2D eigenvalue weighted by Crippen LogP contribution is 2.11. The third-order valence-corrected chi connectivity index (χ3v) is 1.95. The highest BCUT2D eigenvalue weighted by molar-refractivity contribution is 5.93. The molecule has 0 spiro atoms. The fourth-order valence-electron chi connectivity index (χ4n) is 1.19. The van der Waals surface area contributed by atoms with Crippen LogP contribution in [0.5, 0.6) is 0 Å². The second-order valence-corrected chi connectivity index (χ2v) is 3.04. The van der Waals surface area contributed by atoms with E-state index in [-0.39, 0.29) is 17.2 Å². The van der Waals surface area contributed by atoms with Crippen molar-refractivity contribution < 1.29 is 9.18 Å². The molecule has 0 radical (unpaired) electrons. The monoisotopic (exact) mass is 205 g/mol. The molecule has 0 N–H and O–H groups in total. The Morgan fingerprint density at radius 2 is 2.33 bits per heavy atom. The minimum atomic E-state index is -0.564. The van der Waals surface area contributed by atoms with Crippen molar-refractivity contribution in [3.63, 3.8) is 0 Å². The highest BCUT2D eigenvalue weighted by atomic mass is 19.1. The number of nitrogens with zero attached hydrogens (tertiary/aromatic N) is 3. The Balaban J connectivity index is 2.48. The van der Waals surface area contributed by atoms with E-state index < -0.39 is 5.82 Å². The topological polar surface area (TPSA) is 47.8 Å². The Labute approximate surface area is 85.4 Å². The first-order valence-corrected chi connectivity index (χ1v) is 4.35. The summed E-state index contributed by atoms with van der Waals surface area (Å²) in [7, 11) is 0. The molecule has 5 heteroatoms. The molecule has 4 nitrogen and oxygen atoms in total. The van der Waals surface area contributed by atoms with Gasteiger partial charge in [-0.05, 0) is 19.1 Å². The Morgan fingerprint density at radius 3 is 2.87 bits per heavy atom. The number of carbonyl (C=O) groups is 1. The van der Waals surface area contributed by atoms with Crippen LogP contribution in [0.4, 0.5) is 4.39 Å². The van der Waals surface area contributed by atoms with Crippen LogP contribution in [0.25, 0.3) is 5.82 Å². The molecule has 76 valence electrons. The van der Waals surface area contributed by atoms with E-state index in [1.165, 1.54) is 24.0 Å². The lowest BCUT2D eigenvalue weighted by Crippen LogP contribution is -2.04. The van der Waals surface area contributed by atoms with Crippen molar-refractivity contribution >= 4 is 5.78 Å². The smallest absolute Gasteiger partial charge is 0.189 e. The lowest BCUT2D eigenvalue weighted by molar-refractivity contribution is 0.101. The Kier molecular flexibility index (Phi) is 2.29. The van der Waals surface area contributed by atoms with Crippen LogP contribution in [0, 0.1) is 5.82 Å². The fraction of sp³-hybridized carbons (Fsp3) is 0.100. The minimum Gasteiger partial charge on any atom is -0.294 e. The average Bonchev–Trinajstić information content (AvgIpc) is 2.70. The Bertz CT molecular complexity index is 493. The summed E-state index contributed by atoms with van der Waals surface area (Å²) < 4.78 is 14.8. The lowest BCUT2D eigenvalue weighted by atomic mass is 10.2. The second-order valence-electron chi connectivity index (χ2n) is 3.04. The predicted octanol–water partition coefficient (Wildman–Crippen LogP) is 1.61. The first kappa shape index (κ1) is 9.51. The molecule has 0 fully saturated rings. The summed E-state index contributed by atoms with van der Waals surface area (Å²) in [4.78, 5) is 14.8. The maximum absolute atomic E-state index is 13.5. The quantitative estimate of drug-likeness (QED) is 0.700. The van der Waals surface area contributed by atoms with Crippen molar-refractivity contribution in [2.75, 3.05) is 0 Å². The standard InChI is InChI=1S/C10H8FN3O/c1-7(15)8-5-9(11)10(12-6-8)14-4-2-3-13-14/h2-6H,1H3. The van der Waals surface area contributed by atoms with Gasteiger partial charge in [0.25, 0.3) is 0 Å². The zero-order chi connectivity index (χ0) is 10.8. The van der Waals surface area contributed by atoms with E-state index in [0.29, 0.717) is 0 Å². The molecule has 0 aliphatic carbocycles. The number of ketones is 1. The van der Waals surface area contributed by atoms with Gasteiger partial charge in [-0.1, -0.05) is 0 Å². The molecule has 2 aromatic rings. The molecule has 0 aliphatic heterocycles. The molecule has 2 aromatic heterocycles. The molecule has 0 aliphatic rings. The van der Waals surface area contributed by atoms with Gasteiger partial charge in [0.05, 0.1) is 0 Å². The second kappa shape index (κ2) is 3.61. The fourth-order valence-corrected chi connectivity index (χ4v) is 1.19. The van der Waals surface area contributed by atoms with Gasteiger partial charge in [0.2, 0.25) is 0 Å². The van der Waals surface area contributed by atoms with E-state index in [1.54, 1.807) is 12.3 Å². The van der Waals surface area contributed by atoms with E-state index >= 15 is 0 Å². The van der Waals surface area contributed by atoms with Crippen LogP contribution in [0.2, 0.25) is 0 Å². The van der Waals surface area contributed by atoms with E-state index in [0.717, 1.165) is 6.07 Å². The van der Waals surface area contributed by atoms with Gasteiger partial charge in [-0.15, -0.1) is 0 Å². The maximum Gasteiger partial charge on any atom is 0.189 e. The summed E-state index contributed by atoms with van der Waals surface area (Å²) >= 11 is 0. The third kappa shape index (κ3) is 1.76. The Hall–Kier alpha value is -2.04. The zero-order valence-electron chi connectivity index (χ0n) is 8.01.